The number of hydrogen-bond donors (Lipinski definition) is 2. The molecule has 1 aliphatic rings. The Kier molecular flexibility index (Phi) is 5.41. The number of rotatable bonds is 5. The molecule has 0 unspecified atom stereocenters. The Morgan fingerprint density at radius 3 is 2.54 bits per heavy atom. The molecule has 6 nitrogen and oxygen atoms in total. The first kappa shape index (κ1) is 17.8. The number of nitrogens with one attached hydrogen (secondary N) is 2. The molecule has 0 aromatic heterocycles. The van der Waals surface area contributed by atoms with Crippen molar-refractivity contribution in [3.8, 4) is 11.5 Å². The Morgan fingerprint density at radius 1 is 1.00 bits per heavy atom. The third-order valence-corrected chi connectivity index (χ3v) is 4.06. The summed E-state index contributed by atoms with van der Waals surface area (Å²) in [6, 6.07) is 11.9. The Labute approximate surface area is 152 Å². The molecule has 0 radical (unpaired) electrons. The second kappa shape index (κ2) is 7.91. The number of fused-ring (bicyclic) bond motifs is 1. The zero-order chi connectivity index (χ0) is 18.5. The summed E-state index contributed by atoms with van der Waals surface area (Å²) < 4.78 is 11.3. The maximum Gasteiger partial charge on any atom is 0.246 e. The number of carbonyl (C=O) groups excluding carboxylic acids is 2. The molecule has 2 aromatic rings. The molecule has 0 fully saturated rings. The number of carbonyl (C=O) groups is 2. The zero-order valence-electron chi connectivity index (χ0n) is 14.9. The highest BCUT2D eigenvalue weighted by molar-refractivity contribution is 5.99. The van der Waals surface area contributed by atoms with Crippen LogP contribution in [0.1, 0.15) is 30.6 Å². The minimum atomic E-state index is -0.472. The van der Waals surface area contributed by atoms with Crippen LogP contribution in [0.2, 0.25) is 0 Å². The summed E-state index contributed by atoms with van der Waals surface area (Å²) in [6.45, 7) is 4.51. The van der Waals surface area contributed by atoms with E-state index in [4.69, 9.17) is 9.47 Å². The van der Waals surface area contributed by atoms with Crippen molar-refractivity contribution >= 4 is 23.1 Å². The van der Waals surface area contributed by atoms with Crippen LogP contribution in [0.4, 0.5) is 11.4 Å². The van der Waals surface area contributed by atoms with E-state index in [1.165, 1.54) is 6.92 Å². The van der Waals surface area contributed by atoms with Crippen LogP contribution in [0.25, 0.3) is 0 Å². The Morgan fingerprint density at radius 2 is 1.77 bits per heavy atom. The van der Waals surface area contributed by atoms with Crippen molar-refractivity contribution in [3.63, 3.8) is 0 Å². The van der Waals surface area contributed by atoms with E-state index in [1.807, 2.05) is 18.2 Å². The van der Waals surface area contributed by atoms with Gasteiger partial charge in [-0.05, 0) is 38.1 Å². The molecule has 2 aromatic carbocycles. The monoisotopic (exact) mass is 354 g/mol. The average molecular weight is 354 g/mol. The number of amides is 1. The first-order valence-corrected chi connectivity index (χ1v) is 8.61. The van der Waals surface area contributed by atoms with Crippen LogP contribution in [-0.4, -0.2) is 30.9 Å². The van der Waals surface area contributed by atoms with Gasteiger partial charge in [-0.1, -0.05) is 12.1 Å². The Bertz CT molecular complexity index is 819. The zero-order valence-corrected chi connectivity index (χ0v) is 14.9. The fourth-order valence-electron chi connectivity index (χ4n) is 2.64. The molecule has 26 heavy (non-hydrogen) atoms. The van der Waals surface area contributed by atoms with Crippen LogP contribution in [0.15, 0.2) is 42.5 Å². The van der Waals surface area contributed by atoms with E-state index in [-0.39, 0.29) is 11.7 Å². The quantitative estimate of drug-likeness (QED) is 0.804. The third kappa shape index (κ3) is 4.33. The summed E-state index contributed by atoms with van der Waals surface area (Å²) in [6.07, 6.45) is 0.843. The molecule has 1 atom stereocenters. The molecule has 0 saturated heterocycles. The van der Waals surface area contributed by atoms with Gasteiger partial charge in [0.05, 0.1) is 13.2 Å². The summed E-state index contributed by atoms with van der Waals surface area (Å²) in [5.41, 5.74) is 1.93. The Balaban J connectivity index is 1.65. The van der Waals surface area contributed by atoms with Gasteiger partial charge in [0.1, 0.15) is 6.04 Å². The molecule has 1 heterocycles. The number of ether oxygens (including phenoxy) is 2. The highest BCUT2D eigenvalue weighted by Crippen LogP contribution is 2.32. The van der Waals surface area contributed by atoms with Gasteiger partial charge >= 0.3 is 0 Å². The van der Waals surface area contributed by atoms with Crippen LogP contribution in [-0.2, 0) is 4.79 Å². The normalized spacial score (nSPS) is 14.1. The van der Waals surface area contributed by atoms with Crippen molar-refractivity contribution in [2.45, 2.75) is 26.3 Å². The van der Waals surface area contributed by atoms with Crippen molar-refractivity contribution in [1.29, 1.82) is 0 Å². The standard InChI is InChI=1S/C20H22N2O4/c1-13(20(24)22-16-6-3-5-15(11-16)14(2)23)21-17-7-8-18-19(12-17)26-10-4-9-25-18/h3,5-8,11-13,21H,4,9-10H2,1-2H3,(H,22,24)/t13-/m0/s1. The second-order valence-electron chi connectivity index (χ2n) is 6.20. The first-order valence-electron chi connectivity index (χ1n) is 8.61. The van der Waals surface area contributed by atoms with E-state index < -0.39 is 6.04 Å². The summed E-state index contributed by atoms with van der Waals surface area (Å²) in [7, 11) is 0. The lowest BCUT2D eigenvalue weighted by atomic mass is 10.1. The SMILES string of the molecule is CC(=O)c1cccc(NC(=O)[C@H](C)Nc2ccc3c(c2)OCCCO3)c1. The van der Waals surface area contributed by atoms with Gasteiger partial charge in [0.2, 0.25) is 5.91 Å². The van der Waals surface area contributed by atoms with E-state index in [9.17, 15) is 9.59 Å². The number of benzene rings is 2. The van der Waals surface area contributed by atoms with Gasteiger partial charge in [-0.25, -0.2) is 0 Å². The lowest BCUT2D eigenvalue weighted by Gasteiger charge is -2.17. The van der Waals surface area contributed by atoms with Crippen LogP contribution in [0.3, 0.4) is 0 Å². The van der Waals surface area contributed by atoms with E-state index in [2.05, 4.69) is 10.6 Å². The predicted molar refractivity (Wildman–Crippen MR) is 100 cm³/mol. The number of ketones is 1. The summed E-state index contributed by atoms with van der Waals surface area (Å²) >= 11 is 0. The second-order valence-corrected chi connectivity index (χ2v) is 6.20. The number of Topliss-reactive ketones (excluding diaryl/α,β-unsaturated/α-hetero) is 1. The summed E-state index contributed by atoms with van der Waals surface area (Å²) in [5.74, 6) is 1.15. The predicted octanol–water partition coefficient (Wildman–Crippen LogP) is 3.49. The minimum absolute atomic E-state index is 0.0422. The molecule has 6 heteroatoms. The van der Waals surface area contributed by atoms with Crippen molar-refractivity contribution in [1.82, 2.24) is 0 Å². The van der Waals surface area contributed by atoms with Crippen molar-refractivity contribution < 1.29 is 19.1 Å². The average Bonchev–Trinajstić information content (AvgIpc) is 2.86. The molecule has 0 bridgehead atoms. The molecule has 0 aliphatic carbocycles. The van der Waals surface area contributed by atoms with Gasteiger partial charge in [0.15, 0.2) is 17.3 Å². The molecule has 1 aliphatic heterocycles. The topological polar surface area (TPSA) is 76.7 Å². The maximum absolute atomic E-state index is 12.4. The molecular weight excluding hydrogens is 332 g/mol. The van der Waals surface area contributed by atoms with Gasteiger partial charge < -0.3 is 20.1 Å². The minimum Gasteiger partial charge on any atom is -0.490 e. The van der Waals surface area contributed by atoms with Crippen LogP contribution in [0, 0.1) is 0 Å². The van der Waals surface area contributed by atoms with Crippen molar-refractivity contribution in [2.24, 2.45) is 0 Å². The third-order valence-electron chi connectivity index (χ3n) is 4.06. The summed E-state index contributed by atoms with van der Waals surface area (Å²) in [4.78, 5) is 23.9. The van der Waals surface area contributed by atoms with E-state index >= 15 is 0 Å². The highest BCUT2D eigenvalue weighted by atomic mass is 16.5. The van der Waals surface area contributed by atoms with Gasteiger partial charge in [0.25, 0.3) is 0 Å². The van der Waals surface area contributed by atoms with Crippen LogP contribution < -0.4 is 20.1 Å². The van der Waals surface area contributed by atoms with Gasteiger partial charge in [-0.2, -0.15) is 0 Å². The van der Waals surface area contributed by atoms with Crippen molar-refractivity contribution in [3.05, 3.63) is 48.0 Å². The number of anilines is 2. The number of hydrogen-bond acceptors (Lipinski definition) is 5. The van der Waals surface area contributed by atoms with E-state index in [0.29, 0.717) is 36.0 Å². The largest absolute Gasteiger partial charge is 0.490 e. The smallest absolute Gasteiger partial charge is 0.246 e. The van der Waals surface area contributed by atoms with E-state index in [0.717, 1.165) is 12.1 Å². The molecule has 0 spiro atoms. The lowest BCUT2D eigenvalue weighted by molar-refractivity contribution is -0.116. The van der Waals surface area contributed by atoms with Crippen molar-refractivity contribution in [2.75, 3.05) is 23.8 Å². The van der Waals surface area contributed by atoms with Gasteiger partial charge in [-0.3, -0.25) is 9.59 Å². The summed E-state index contributed by atoms with van der Waals surface area (Å²) in [5, 5.41) is 5.98. The molecule has 2 N–H and O–H groups in total. The Hall–Kier alpha value is -3.02. The first-order chi connectivity index (χ1) is 12.5. The molecule has 1 amide bonds. The fraction of sp³-hybridized carbons (Fsp3) is 0.300. The molecule has 3 rings (SSSR count). The molecule has 136 valence electrons. The molecule has 0 saturated carbocycles. The molecular formula is C20H22N2O4. The lowest BCUT2D eigenvalue weighted by Crippen LogP contribution is -2.31. The highest BCUT2D eigenvalue weighted by Gasteiger charge is 2.16. The van der Waals surface area contributed by atoms with Gasteiger partial charge in [0, 0.05) is 29.4 Å². The maximum atomic E-state index is 12.4. The van der Waals surface area contributed by atoms with E-state index in [1.54, 1.807) is 31.2 Å². The van der Waals surface area contributed by atoms with Crippen LogP contribution >= 0.6 is 0 Å². The van der Waals surface area contributed by atoms with Crippen LogP contribution in [0.5, 0.6) is 11.5 Å². The van der Waals surface area contributed by atoms with Gasteiger partial charge in [-0.15, -0.1) is 0 Å². The fourth-order valence-corrected chi connectivity index (χ4v) is 2.64.